The minimum atomic E-state index is 0.249. The van der Waals surface area contributed by atoms with E-state index < -0.39 is 0 Å². The lowest BCUT2D eigenvalue weighted by molar-refractivity contribution is -0.133. The van der Waals surface area contributed by atoms with Gasteiger partial charge in [-0.3, -0.25) is 14.4 Å². The lowest BCUT2D eigenvalue weighted by Crippen LogP contribution is -2.53. The van der Waals surface area contributed by atoms with Crippen LogP contribution in [-0.4, -0.2) is 80.8 Å². The molecule has 4 heterocycles. The van der Waals surface area contributed by atoms with Crippen LogP contribution in [0.15, 0.2) is 42.9 Å². The van der Waals surface area contributed by atoms with Gasteiger partial charge < -0.3 is 9.80 Å². The van der Waals surface area contributed by atoms with E-state index in [9.17, 15) is 4.79 Å². The molecule has 0 spiro atoms. The molecule has 2 aliphatic rings. The van der Waals surface area contributed by atoms with Crippen molar-refractivity contribution in [3.05, 3.63) is 48.4 Å². The Morgan fingerprint density at radius 3 is 2.66 bits per heavy atom. The van der Waals surface area contributed by atoms with Crippen LogP contribution in [-0.2, 0) is 18.3 Å². The van der Waals surface area contributed by atoms with Gasteiger partial charge in [0.2, 0.25) is 5.91 Å². The molecule has 0 bridgehead atoms. The molecule has 8 nitrogen and oxygen atoms in total. The molecule has 2 aliphatic heterocycles. The molecule has 0 saturated carbocycles. The van der Waals surface area contributed by atoms with E-state index in [1.807, 2.05) is 18.1 Å². The van der Waals surface area contributed by atoms with Crippen molar-refractivity contribution in [3.8, 4) is 0 Å². The number of aryl methyl sites for hydroxylation is 1. The lowest BCUT2D eigenvalue weighted by atomic mass is 9.95. The van der Waals surface area contributed by atoms with Gasteiger partial charge in [0.05, 0.1) is 18.1 Å². The van der Waals surface area contributed by atoms with Crippen molar-refractivity contribution >= 4 is 22.8 Å². The smallest absolute Gasteiger partial charge is 0.236 e. The van der Waals surface area contributed by atoms with Crippen LogP contribution in [0.25, 0.3) is 11.0 Å². The van der Waals surface area contributed by atoms with Crippen LogP contribution in [0.2, 0.25) is 0 Å². The highest BCUT2D eigenvalue weighted by Gasteiger charge is 2.28. The molecule has 3 aromatic rings. The zero-order valence-electron chi connectivity index (χ0n) is 18.7. The van der Waals surface area contributed by atoms with Gasteiger partial charge in [-0.25, -0.2) is 9.97 Å². The number of hydrogen-bond donors (Lipinski definition) is 0. The van der Waals surface area contributed by atoms with Crippen LogP contribution < -0.4 is 4.90 Å². The van der Waals surface area contributed by atoms with Gasteiger partial charge in [-0.05, 0) is 31.4 Å². The van der Waals surface area contributed by atoms with E-state index >= 15 is 0 Å². The first kappa shape index (κ1) is 20.9. The Kier molecular flexibility index (Phi) is 6.03. The zero-order valence-corrected chi connectivity index (χ0v) is 18.7. The number of aromatic nitrogens is 4. The van der Waals surface area contributed by atoms with Gasteiger partial charge in [-0.15, -0.1) is 0 Å². The summed E-state index contributed by atoms with van der Waals surface area (Å²) < 4.78 is 1.77. The number of anilines is 1. The summed E-state index contributed by atoms with van der Waals surface area (Å²) in [6.07, 6.45) is 8.05. The first-order valence-corrected chi connectivity index (χ1v) is 11.6. The first-order valence-electron chi connectivity index (χ1n) is 11.6. The summed E-state index contributed by atoms with van der Waals surface area (Å²) in [4.78, 5) is 28.7. The SMILES string of the molecule is Cn1ncc2c(N3CCN(C(=O)CN4CCCCC4Cc4ccccc4)CC3)ncnc21. The van der Waals surface area contributed by atoms with E-state index in [2.05, 4.69) is 55.2 Å². The van der Waals surface area contributed by atoms with E-state index in [0.717, 1.165) is 56.0 Å². The van der Waals surface area contributed by atoms with Crippen LogP contribution in [0.3, 0.4) is 0 Å². The third-order valence-electron chi connectivity index (χ3n) is 6.84. The maximum absolute atomic E-state index is 13.1. The summed E-state index contributed by atoms with van der Waals surface area (Å²) in [7, 11) is 1.89. The normalized spacial score (nSPS) is 20.1. The minimum Gasteiger partial charge on any atom is -0.352 e. The van der Waals surface area contributed by atoms with Crippen molar-refractivity contribution in [3.63, 3.8) is 0 Å². The van der Waals surface area contributed by atoms with Crippen molar-refractivity contribution in [1.29, 1.82) is 0 Å². The number of rotatable bonds is 5. The molecule has 1 unspecified atom stereocenters. The predicted octanol–water partition coefficient (Wildman–Crippen LogP) is 2.11. The molecule has 32 heavy (non-hydrogen) atoms. The molecular formula is C24H31N7O. The van der Waals surface area contributed by atoms with E-state index in [0.29, 0.717) is 12.6 Å². The Labute approximate surface area is 188 Å². The predicted molar refractivity (Wildman–Crippen MR) is 124 cm³/mol. The van der Waals surface area contributed by atoms with Crippen molar-refractivity contribution in [1.82, 2.24) is 29.5 Å². The Bertz CT molecular complexity index is 1060. The summed E-state index contributed by atoms with van der Waals surface area (Å²) >= 11 is 0. The molecular weight excluding hydrogens is 402 g/mol. The number of piperidine rings is 1. The molecule has 2 fully saturated rings. The molecule has 2 aromatic heterocycles. The second-order valence-electron chi connectivity index (χ2n) is 8.88. The molecule has 0 N–H and O–H groups in total. The fraction of sp³-hybridized carbons (Fsp3) is 0.500. The molecule has 0 radical (unpaired) electrons. The van der Waals surface area contributed by atoms with Crippen LogP contribution >= 0.6 is 0 Å². The summed E-state index contributed by atoms with van der Waals surface area (Å²) in [5.41, 5.74) is 2.19. The average Bonchev–Trinajstić information content (AvgIpc) is 3.22. The first-order chi connectivity index (χ1) is 15.7. The number of hydrogen-bond acceptors (Lipinski definition) is 6. The second-order valence-corrected chi connectivity index (χ2v) is 8.88. The van der Waals surface area contributed by atoms with Crippen molar-refractivity contribution in [2.75, 3.05) is 44.2 Å². The molecule has 8 heteroatoms. The molecule has 2 saturated heterocycles. The molecule has 0 aliphatic carbocycles. The summed E-state index contributed by atoms with van der Waals surface area (Å²) in [5, 5.41) is 5.28. The van der Waals surface area contributed by atoms with Crippen molar-refractivity contribution in [2.24, 2.45) is 7.05 Å². The quantitative estimate of drug-likeness (QED) is 0.614. The molecule has 1 aromatic carbocycles. The number of carbonyl (C=O) groups is 1. The van der Waals surface area contributed by atoms with E-state index in [1.165, 1.54) is 24.8 Å². The topological polar surface area (TPSA) is 70.4 Å². The fourth-order valence-electron chi connectivity index (χ4n) is 5.03. The van der Waals surface area contributed by atoms with Crippen LogP contribution in [0, 0.1) is 0 Å². The third kappa shape index (κ3) is 4.32. The van der Waals surface area contributed by atoms with Gasteiger partial charge >= 0.3 is 0 Å². The zero-order chi connectivity index (χ0) is 21.9. The minimum absolute atomic E-state index is 0.249. The third-order valence-corrected chi connectivity index (χ3v) is 6.84. The maximum Gasteiger partial charge on any atom is 0.236 e. The van der Waals surface area contributed by atoms with Crippen molar-refractivity contribution in [2.45, 2.75) is 31.7 Å². The standard InChI is InChI=1S/C24H31N7O/c1-28-23-21(16-27-28)24(26-18-25-23)30-13-11-29(12-14-30)22(32)17-31-10-6-5-9-20(31)15-19-7-3-2-4-8-19/h2-4,7-8,16,18,20H,5-6,9-15,17H2,1H3. The number of piperazine rings is 1. The largest absolute Gasteiger partial charge is 0.352 e. The maximum atomic E-state index is 13.1. The Hall–Kier alpha value is -3.00. The molecule has 1 atom stereocenters. The van der Waals surface area contributed by atoms with Crippen molar-refractivity contribution < 1.29 is 4.79 Å². The fourth-order valence-corrected chi connectivity index (χ4v) is 5.03. The van der Waals surface area contributed by atoms with E-state index in [4.69, 9.17) is 0 Å². The Balaban J connectivity index is 1.19. The highest BCUT2D eigenvalue weighted by Crippen LogP contribution is 2.24. The molecule has 5 rings (SSSR count). The van der Waals surface area contributed by atoms with Gasteiger partial charge in [-0.1, -0.05) is 36.8 Å². The number of carbonyl (C=O) groups excluding carboxylic acids is 1. The molecule has 1 amide bonds. The number of benzene rings is 1. The van der Waals surface area contributed by atoms with E-state index in [-0.39, 0.29) is 5.91 Å². The average molecular weight is 434 g/mol. The van der Waals surface area contributed by atoms with Crippen LogP contribution in [0.5, 0.6) is 0 Å². The number of nitrogens with zero attached hydrogens (tertiary/aromatic N) is 7. The van der Waals surface area contributed by atoms with E-state index in [1.54, 1.807) is 11.0 Å². The number of likely N-dealkylation sites (tertiary alicyclic amines) is 1. The van der Waals surface area contributed by atoms with Gasteiger partial charge in [0.15, 0.2) is 5.65 Å². The summed E-state index contributed by atoms with van der Waals surface area (Å²) in [6.45, 7) is 4.55. The number of amides is 1. The summed E-state index contributed by atoms with van der Waals surface area (Å²) in [5.74, 6) is 1.16. The second kappa shape index (κ2) is 9.24. The molecule has 168 valence electrons. The van der Waals surface area contributed by atoms with Crippen LogP contribution in [0.1, 0.15) is 24.8 Å². The van der Waals surface area contributed by atoms with Gasteiger partial charge in [0, 0.05) is 39.3 Å². The van der Waals surface area contributed by atoms with Gasteiger partial charge in [0.1, 0.15) is 12.1 Å². The monoisotopic (exact) mass is 433 g/mol. The summed E-state index contributed by atoms with van der Waals surface area (Å²) in [6, 6.07) is 11.1. The Morgan fingerprint density at radius 1 is 1.03 bits per heavy atom. The highest BCUT2D eigenvalue weighted by molar-refractivity contribution is 5.87. The lowest BCUT2D eigenvalue weighted by Gasteiger charge is -2.39. The highest BCUT2D eigenvalue weighted by atomic mass is 16.2. The number of fused-ring (bicyclic) bond motifs is 1. The van der Waals surface area contributed by atoms with Crippen LogP contribution in [0.4, 0.5) is 5.82 Å². The Morgan fingerprint density at radius 2 is 1.84 bits per heavy atom. The van der Waals surface area contributed by atoms with Gasteiger partial charge in [-0.2, -0.15) is 5.10 Å². The van der Waals surface area contributed by atoms with Gasteiger partial charge in [0.25, 0.3) is 0 Å².